The molecule has 0 saturated heterocycles. The van der Waals surface area contributed by atoms with Crippen molar-refractivity contribution in [1.29, 1.82) is 0 Å². The number of aromatic nitrogens is 6. The van der Waals surface area contributed by atoms with Crippen LogP contribution < -0.4 is 14.8 Å². The molecule has 0 unspecified atom stereocenters. The van der Waals surface area contributed by atoms with Gasteiger partial charge in [0.25, 0.3) is 0 Å². The zero-order valence-corrected chi connectivity index (χ0v) is 20.7. The molecule has 0 bridgehead atoms. The highest BCUT2D eigenvalue weighted by molar-refractivity contribution is 5.95. The third kappa shape index (κ3) is 4.16. The van der Waals surface area contributed by atoms with E-state index < -0.39 is 0 Å². The lowest BCUT2D eigenvalue weighted by molar-refractivity contribution is -0.116. The second kappa shape index (κ2) is 9.05. The summed E-state index contributed by atoms with van der Waals surface area (Å²) in [5.74, 6) is 2.13. The van der Waals surface area contributed by atoms with E-state index in [0.717, 1.165) is 22.4 Å². The van der Waals surface area contributed by atoms with Gasteiger partial charge in [-0.3, -0.25) is 4.79 Å². The number of nitrogens with one attached hydrogen (secondary N) is 1. The Bertz CT molecular complexity index is 1640. The minimum atomic E-state index is -0.198. The number of aryl methyl sites for hydroxylation is 2. The summed E-state index contributed by atoms with van der Waals surface area (Å²) in [4.78, 5) is 12.8. The van der Waals surface area contributed by atoms with Crippen LogP contribution in [0.15, 0.2) is 60.9 Å². The smallest absolute Gasteiger partial charge is 0.226 e. The molecule has 0 radical (unpaired) electrons. The summed E-state index contributed by atoms with van der Waals surface area (Å²) in [5, 5.41) is 20.1. The standard InChI is InChI=1S/C27H25N7O3/c1-16-5-4-6-18(11-16)14-37-21-8-7-19(12-22(21)36-3)20-13-25(35)29-27-26(20)17(2)31-34(27)24-10-9-23-30-28-15-33(23)32-24/h4-12,15,20H,13-14H2,1-3H3,(H,29,35)/t20-/m1/s1. The van der Waals surface area contributed by atoms with E-state index in [-0.39, 0.29) is 11.8 Å². The van der Waals surface area contributed by atoms with E-state index in [9.17, 15) is 4.79 Å². The van der Waals surface area contributed by atoms with Gasteiger partial charge >= 0.3 is 0 Å². The summed E-state index contributed by atoms with van der Waals surface area (Å²) in [6.07, 6.45) is 1.82. The second-order valence-electron chi connectivity index (χ2n) is 9.08. The maximum absolute atomic E-state index is 12.8. The molecule has 4 heterocycles. The number of anilines is 1. The van der Waals surface area contributed by atoms with E-state index in [1.807, 2.05) is 37.3 Å². The predicted octanol–water partition coefficient (Wildman–Crippen LogP) is 3.99. The van der Waals surface area contributed by atoms with Crippen molar-refractivity contribution in [2.24, 2.45) is 0 Å². The highest BCUT2D eigenvalue weighted by Gasteiger charge is 2.33. The minimum absolute atomic E-state index is 0.0947. The largest absolute Gasteiger partial charge is 0.493 e. The first-order valence-electron chi connectivity index (χ1n) is 11.9. The molecule has 6 rings (SSSR count). The lowest BCUT2D eigenvalue weighted by atomic mass is 9.85. The first-order chi connectivity index (χ1) is 18.0. The van der Waals surface area contributed by atoms with E-state index in [1.54, 1.807) is 28.4 Å². The number of carbonyl (C=O) groups is 1. The van der Waals surface area contributed by atoms with Gasteiger partial charge in [0.1, 0.15) is 18.8 Å². The number of carbonyl (C=O) groups excluding carboxylic acids is 1. The summed E-state index contributed by atoms with van der Waals surface area (Å²) >= 11 is 0. The molecule has 37 heavy (non-hydrogen) atoms. The molecule has 5 aromatic rings. The third-order valence-electron chi connectivity index (χ3n) is 6.53. The van der Waals surface area contributed by atoms with Gasteiger partial charge < -0.3 is 14.8 Å². The van der Waals surface area contributed by atoms with Crippen molar-refractivity contribution in [3.8, 4) is 17.3 Å². The number of ether oxygens (including phenoxy) is 2. The number of benzene rings is 2. The molecule has 0 fully saturated rings. The van der Waals surface area contributed by atoms with Crippen LogP contribution in [0.25, 0.3) is 11.5 Å². The molecule has 2 aromatic carbocycles. The van der Waals surface area contributed by atoms with E-state index in [4.69, 9.17) is 14.6 Å². The normalized spacial score (nSPS) is 14.9. The molecular formula is C27H25N7O3. The predicted molar refractivity (Wildman–Crippen MR) is 136 cm³/mol. The van der Waals surface area contributed by atoms with Crippen LogP contribution in [0.3, 0.4) is 0 Å². The van der Waals surface area contributed by atoms with Crippen LogP contribution >= 0.6 is 0 Å². The van der Waals surface area contributed by atoms with Crippen LogP contribution in [-0.2, 0) is 11.4 Å². The van der Waals surface area contributed by atoms with Gasteiger partial charge in [0, 0.05) is 17.9 Å². The number of methoxy groups -OCH3 is 1. The van der Waals surface area contributed by atoms with Crippen LogP contribution in [0.4, 0.5) is 5.82 Å². The molecule has 10 nitrogen and oxygen atoms in total. The van der Waals surface area contributed by atoms with Gasteiger partial charge in [-0.05, 0) is 49.2 Å². The summed E-state index contributed by atoms with van der Waals surface area (Å²) < 4.78 is 15.0. The average Bonchev–Trinajstić information content (AvgIpc) is 3.50. The molecule has 1 amide bonds. The fourth-order valence-corrected chi connectivity index (χ4v) is 4.81. The van der Waals surface area contributed by atoms with Crippen LogP contribution in [0.2, 0.25) is 0 Å². The van der Waals surface area contributed by atoms with Crippen LogP contribution in [0, 0.1) is 13.8 Å². The SMILES string of the molecule is COc1cc([C@H]2CC(=O)Nc3c2c(C)nn3-c2ccc3nncn3n2)ccc1OCc1cccc(C)c1. The van der Waals surface area contributed by atoms with Gasteiger partial charge in [-0.2, -0.15) is 14.3 Å². The summed E-state index contributed by atoms with van der Waals surface area (Å²) in [6, 6.07) is 17.6. The first-order valence-corrected chi connectivity index (χ1v) is 11.9. The van der Waals surface area contributed by atoms with Crippen molar-refractivity contribution in [3.05, 3.63) is 88.9 Å². The minimum Gasteiger partial charge on any atom is -0.493 e. The number of rotatable bonds is 6. The van der Waals surface area contributed by atoms with Crippen molar-refractivity contribution in [2.75, 3.05) is 12.4 Å². The average molecular weight is 496 g/mol. The fraction of sp³-hybridized carbons (Fsp3) is 0.222. The second-order valence-corrected chi connectivity index (χ2v) is 9.08. The Morgan fingerprint density at radius 2 is 1.95 bits per heavy atom. The number of amides is 1. The number of hydrogen-bond acceptors (Lipinski definition) is 7. The van der Waals surface area contributed by atoms with Gasteiger partial charge in [-0.25, -0.2) is 0 Å². The van der Waals surface area contributed by atoms with Gasteiger partial charge in [-0.1, -0.05) is 35.9 Å². The van der Waals surface area contributed by atoms with Gasteiger partial charge in [0.2, 0.25) is 5.91 Å². The lowest BCUT2D eigenvalue weighted by Crippen LogP contribution is -2.25. The summed E-state index contributed by atoms with van der Waals surface area (Å²) in [6.45, 7) is 4.43. The highest BCUT2D eigenvalue weighted by atomic mass is 16.5. The number of nitrogens with zero attached hydrogens (tertiary/aromatic N) is 6. The van der Waals surface area contributed by atoms with Crippen molar-refractivity contribution in [2.45, 2.75) is 32.8 Å². The quantitative estimate of drug-likeness (QED) is 0.379. The van der Waals surface area contributed by atoms with Crippen LogP contribution in [0.5, 0.6) is 11.5 Å². The first kappa shape index (κ1) is 22.7. The lowest BCUT2D eigenvalue weighted by Gasteiger charge is -2.25. The molecule has 1 atom stereocenters. The zero-order chi connectivity index (χ0) is 25.5. The molecular weight excluding hydrogens is 470 g/mol. The van der Waals surface area contributed by atoms with Crippen molar-refractivity contribution < 1.29 is 14.3 Å². The third-order valence-corrected chi connectivity index (χ3v) is 6.53. The molecule has 1 aliphatic heterocycles. The molecule has 186 valence electrons. The summed E-state index contributed by atoms with van der Waals surface area (Å²) in [7, 11) is 1.62. The van der Waals surface area contributed by atoms with Gasteiger partial charge in [0.05, 0.1) is 12.8 Å². The van der Waals surface area contributed by atoms with Crippen LogP contribution in [0.1, 0.15) is 40.3 Å². The van der Waals surface area contributed by atoms with Crippen molar-refractivity contribution in [1.82, 2.24) is 29.6 Å². The Balaban J connectivity index is 1.34. The molecule has 1 aliphatic rings. The molecule has 0 saturated carbocycles. The molecule has 10 heteroatoms. The Kier molecular flexibility index (Phi) is 5.56. The number of fused-ring (bicyclic) bond motifs is 2. The highest BCUT2D eigenvalue weighted by Crippen LogP contribution is 2.42. The maximum Gasteiger partial charge on any atom is 0.226 e. The molecule has 0 spiro atoms. The summed E-state index contributed by atoms with van der Waals surface area (Å²) in [5.41, 5.74) is 5.59. The monoisotopic (exact) mass is 495 g/mol. The van der Waals surface area contributed by atoms with Gasteiger partial charge in [-0.15, -0.1) is 15.3 Å². The Hall–Kier alpha value is -4.73. The van der Waals surface area contributed by atoms with Crippen LogP contribution in [-0.4, -0.2) is 42.6 Å². The van der Waals surface area contributed by atoms with E-state index >= 15 is 0 Å². The topological polar surface area (TPSA) is 108 Å². The van der Waals surface area contributed by atoms with Crippen molar-refractivity contribution >= 4 is 17.4 Å². The fourth-order valence-electron chi connectivity index (χ4n) is 4.81. The maximum atomic E-state index is 12.8. The van der Waals surface area contributed by atoms with E-state index in [2.05, 4.69) is 39.7 Å². The Morgan fingerprint density at radius 3 is 2.78 bits per heavy atom. The van der Waals surface area contributed by atoms with E-state index in [1.165, 1.54) is 11.9 Å². The molecule has 0 aliphatic carbocycles. The van der Waals surface area contributed by atoms with Crippen molar-refractivity contribution in [3.63, 3.8) is 0 Å². The molecule has 1 N–H and O–H groups in total. The zero-order valence-electron chi connectivity index (χ0n) is 20.7. The molecule has 3 aromatic heterocycles. The number of hydrogen-bond donors (Lipinski definition) is 1. The Morgan fingerprint density at radius 1 is 1.05 bits per heavy atom. The Labute approximate surface area is 212 Å². The van der Waals surface area contributed by atoms with Gasteiger partial charge in [0.15, 0.2) is 23.0 Å². The van der Waals surface area contributed by atoms with E-state index in [0.29, 0.717) is 41.8 Å².